The quantitative estimate of drug-likeness (QED) is 0.493. The molecule has 0 aliphatic carbocycles. The highest BCUT2D eigenvalue weighted by Gasteiger charge is 2.11. The van der Waals surface area contributed by atoms with Crippen LogP contribution >= 0.6 is 11.6 Å². The van der Waals surface area contributed by atoms with Gasteiger partial charge in [0.2, 0.25) is 0 Å². The van der Waals surface area contributed by atoms with Crippen LogP contribution in [0.25, 0.3) is 0 Å². The van der Waals surface area contributed by atoms with Crippen molar-refractivity contribution in [2.24, 2.45) is 5.84 Å². The summed E-state index contributed by atoms with van der Waals surface area (Å²) in [5.74, 6) is 5.56. The third-order valence-electron chi connectivity index (χ3n) is 2.49. The molecule has 0 radical (unpaired) electrons. The van der Waals surface area contributed by atoms with Crippen LogP contribution in [0, 0.1) is 0 Å². The summed E-state index contributed by atoms with van der Waals surface area (Å²) >= 11 is 5.85. The molecule has 0 bridgehead atoms. The molecule has 2 heterocycles. The van der Waals surface area contributed by atoms with Crippen LogP contribution in [0.4, 0.5) is 0 Å². The number of hydrogen-bond acceptors (Lipinski definition) is 4. The van der Waals surface area contributed by atoms with Crippen molar-refractivity contribution in [3.05, 3.63) is 59.1 Å². The first-order chi connectivity index (χ1) is 8.29. The molecule has 2 aromatic heterocycles. The number of rotatable bonds is 4. The Morgan fingerprint density at radius 1 is 1.24 bits per heavy atom. The summed E-state index contributed by atoms with van der Waals surface area (Å²) in [5.41, 5.74) is 4.74. The molecule has 2 rings (SSSR count). The van der Waals surface area contributed by atoms with E-state index in [2.05, 4.69) is 15.4 Å². The van der Waals surface area contributed by atoms with Gasteiger partial charge in [0.15, 0.2) is 0 Å². The maximum absolute atomic E-state index is 5.85. The molecule has 2 aromatic rings. The summed E-state index contributed by atoms with van der Waals surface area (Å²) in [7, 11) is 0. The number of hydrazine groups is 1. The Morgan fingerprint density at radius 2 is 2.12 bits per heavy atom. The summed E-state index contributed by atoms with van der Waals surface area (Å²) in [5, 5.41) is 0.462. The number of nitrogens with two attached hydrogens (primary N) is 1. The van der Waals surface area contributed by atoms with Crippen molar-refractivity contribution in [2.75, 3.05) is 0 Å². The first-order valence-electron chi connectivity index (χ1n) is 5.27. The lowest BCUT2D eigenvalue weighted by atomic mass is 10.0. The van der Waals surface area contributed by atoms with Gasteiger partial charge in [-0.2, -0.15) is 0 Å². The zero-order valence-corrected chi connectivity index (χ0v) is 9.93. The van der Waals surface area contributed by atoms with Crippen LogP contribution in [-0.2, 0) is 6.42 Å². The monoisotopic (exact) mass is 248 g/mol. The molecule has 3 N–H and O–H groups in total. The predicted molar refractivity (Wildman–Crippen MR) is 67.3 cm³/mol. The molecule has 1 unspecified atom stereocenters. The van der Waals surface area contributed by atoms with Gasteiger partial charge in [-0.05, 0) is 29.8 Å². The fourth-order valence-electron chi connectivity index (χ4n) is 1.64. The number of aromatic nitrogens is 2. The van der Waals surface area contributed by atoms with E-state index in [1.54, 1.807) is 18.5 Å². The van der Waals surface area contributed by atoms with Gasteiger partial charge in [0.25, 0.3) is 0 Å². The highest BCUT2D eigenvalue weighted by atomic mass is 35.5. The van der Waals surface area contributed by atoms with Crippen LogP contribution in [0.3, 0.4) is 0 Å². The van der Waals surface area contributed by atoms with Crippen molar-refractivity contribution in [1.82, 2.24) is 15.4 Å². The molecule has 0 aromatic carbocycles. The van der Waals surface area contributed by atoms with Crippen LogP contribution in [0.2, 0.25) is 5.15 Å². The molecule has 0 fully saturated rings. The summed E-state index contributed by atoms with van der Waals surface area (Å²) in [6.07, 6.45) is 4.14. The first kappa shape index (κ1) is 12.0. The molecule has 4 nitrogen and oxygen atoms in total. The molecular weight excluding hydrogens is 236 g/mol. The average Bonchev–Trinajstić information content (AvgIpc) is 2.37. The summed E-state index contributed by atoms with van der Waals surface area (Å²) in [6.45, 7) is 0. The van der Waals surface area contributed by atoms with Gasteiger partial charge in [0.1, 0.15) is 5.15 Å². The number of nitrogens with one attached hydrogen (secondary N) is 1. The van der Waals surface area contributed by atoms with Gasteiger partial charge < -0.3 is 0 Å². The van der Waals surface area contributed by atoms with Gasteiger partial charge in [-0.1, -0.05) is 17.7 Å². The SMILES string of the molecule is NNC(Cc1ccccn1)c1ccnc(Cl)c1. The Balaban J connectivity index is 2.17. The van der Waals surface area contributed by atoms with Crippen molar-refractivity contribution in [2.45, 2.75) is 12.5 Å². The number of halogens is 1. The van der Waals surface area contributed by atoms with Crippen molar-refractivity contribution in [3.63, 3.8) is 0 Å². The lowest BCUT2D eigenvalue weighted by Gasteiger charge is -2.15. The second kappa shape index (κ2) is 5.72. The number of pyridine rings is 2. The molecule has 17 heavy (non-hydrogen) atoms. The van der Waals surface area contributed by atoms with Crippen molar-refractivity contribution in [3.8, 4) is 0 Å². The van der Waals surface area contributed by atoms with Gasteiger partial charge in [0.05, 0.1) is 6.04 Å². The molecule has 0 spiro atoms. The minimum atomic E-state index is -0.0228. The fourth-order valence-corrected chi connectivity index (χ4v) is 1.82. The first-order valence-corrected chi connectivity index (χ1v) is 5.65. The highest BCUT2D eigenvalue weighted by Crippen LogP contribution is 2.18. The third kappa shape index (κ3) is 3.23. The van der Waals surface area contributed by atoms with Crippen LogP contribution < -0.4 is 11.3 Å². The van der Waals surface area contributed by atoms with Gasteiger partial charge in [-0.25, -0.2) is 4.98 Å². The molecule has 1 atom stereocenters. The zero-order valence-electron chi connectivity index (χ0n) is 9.18. The molecular formula is C12H13ClN4. The standard InChI is InChI=1S/C12H13ClN4/c13-12-7-9(4-6-16-12)11(17-14)8-10-3-1-2-5-15-10/h1-7,11,17H,8,14H2. The lowest BCUT2D eigenvalue weighted by molar-refractivity contribution is 0.545. The van der Waals surface area contributed by atoms with E-state index in [0.717, 1.165) is 11.3 Å². The average molecular weight is 249 g/mol. The van der Waals surface area contributed by atoms with E-state index in [4.69, 9.17) is 17.4 Å². The molecule has 0 aliphatic heterocycles. The topological polar surface area (TPSA) is 63.8 Å². The second-order valence-electron chi connectivity index (χ2n) is 3.66. The Kier molecular flexibility index (Phi) is 4.03. The van der Waals surface area contributed by atoms with E-state index in [-0.39, 0.29) is 6.04 Å². The molecule has 88 valence electrons. The number of hydrogen-bond donors (Lipinski definition) is 2. The van der Waals surface area contributed by atoms with Gasteiger partial charge in [0, 0.05) is 24.5 Å². The van der Waals surface area contributed by atoms with Crippen molar-refractivity contribution < 1.29 is 0 Å². The predicted octanol–water partition coefficient (Wildman–Crippen LogP) is 1.88. The smallest absolute Gasteiger partial charge is 0.129 e. The molecule has 0 aliphatic rings. The van der Waals surface area contributed by atoms with Gasteiger partial charge >= 0.3 is 0 Å². The zero-order chi connectivity index (χ0) is 12.1. The Hall–Kier alpha value is -1.49. The maximum Gasteiger partial charge on any atom is 0.129 e. The normalized spacial score (nSPS) is 12.4. The van der Waals surface area contributed by atoms with Gasteiger partial charge in [-0.3, -0.25) is 16.3 Å². The molecule has 5 heteroatoms. The summed E-state index contributed by atoms with van der Waals surface area (Å²) < 4.78 is 0. The van der Waals surface area contributed by atoms with E-state index in [1.807, 2.05) is 24.3 Å². The Bertz CT molecular complexity index is 475. The highest BCUT2D eigenvalue weighted by molar-refractivity contribution is 6.29. The van der Waals surface area contributed by atoms with E-state index in [9.17, 15) is 0 Å². The van der Waals surface area contributed by atoms with Crippen LogP contribution in [0.15, 0.2) is 42.7 Å². The number of nitrogens with zero attached hydrogens (tertiary/aromatic N) is 2. The van der Waals surface area contributed by atoms with Crippen molar-refractivity contribution >= 4 is 11.6 Å². The molecule has 0 saturated heterocycles. The van der Waals surface area contributed by atoms with E-state index in [1.165, 1.54) is 0 Å². The minimum Gasteiger partial charge on any atom is -0.271 e. The molecule has 0 saturated carbocycles. The lowest BCUT2D eigenvalue weighted by Crippen LogP contribution is -2.29. The summed E-state index contributed by atoms with van der Waals surface area (Å²) in [6, 6.07) is 9.47. The van der Waals surface area contributed by atoms with E-state index >= 15 is 0 Å². The van der Waals surface area contributed by atoms with Crippen molar-refractivity contribution in [1.29, 1.82) is 0 Å². The van der Waals surface area contributed by atoms with Crippen LogP contribution in [0.5, 0.6) is 0 Å². The van der Waals surface area contributed by atoms with E-state index < -0.39 is 0 Å². The van der Waals surface area contributed by atoms with Gasteiger partial charge in [-0.15, -0.1) is 0 Å². The third-order valence-corrected chi connectivity index (χ3v) is 2.70. The summed E-state index contributed by atoms with van der Waals surface area (Å²) in [4.78, 5) is 8.22. The van der Waals surface area contributed by atoms with E-state index in [0.29, 0.717) is 11.6 Å². The Labute approximate surface area is 105 Å². The second-order valence-corrected chi connectivity index (χ2v) is 4.04. The van der Waals surface area contributed by atoms with Crippen LogP contribution in [-0.4, -0.2) is 9.97 Å². The molecule has 0 amide bonds. The Morgan fingerprint density at radius 3 is 2.76 bits per heavy atom. The maximum atomic E-state index is 5.85. The largest absolute Gasteiger partial charge is 0.271 e. The van der Waals surface area contributed by atoms with Crippen LogP contribution in [0.1, 0.15) is 17.3 Å². The minimum absolute atomic E-state index is 0.0228. The fraction of sp³-hybridized carbons (Fsp3) is 0.167.